The van der Waals surface area contributed by atoms with Crippen LogP contribution in [0.4, 0.5) is 30.8 Å². The number of hydrogen-bond donors (Lipinski definition) is 1. The predicted octanol–water partition coefficient (Wildman–Crippen LogP) is 4.73. The number of hydrogen-bond acceptors (Lipinski definition) is 3. The first kappa shape index (κ1) is 16.2. The van der Waals surface area contributed by atoms with Gasteiger partial charge in [-0.05, 0) is 30.3 Å². The summed E-state index contributed by atoms with van der Waals surface area (Å²) in [6, 6.07) is 7.10. The number of nitrogens with two attached hydrogens (primary N) is 1. The number of halogens is 5. The number of imide groups is 1. The zero-order valence-electron chi connectivity index (χ0n) is 11.7. The van der Waals surface area contributed by atoms with Crippen molar-refractivity contribution in [3.8, 4) is 0 Å². The molecule has 0 fully saturated rings. The quantitative estimate of drug-likeness (QED) is 0.476. The van der Waals surface area contributed by atoms with Gasteiger partial charge in [-0.25, -0.2) is 4.90 Å². The van der Waals surface area contributed by atoms with Gasteiger partial charge in [-0.15, -0.1) is 0 Å². The molecule has 0 bridgehead atoms. The molecule has 2 N–H and O–H groups in total. The van der Waals surface area contributed by atoms with Crippen molar-refractivity contribution in [2.75, 3.05) is 10.6 Å². The lowest BCUT2D eigenvalue weighted by molar-refractivity contribution is 0.0925. The van der Waals surface area contributed by atoms with E-state index >= 15 is 0 Å². The Labute approximate surface area is 132 Å². The number of fused-ring (bicyclic) bond motifs is 1. The molecule has 0 atom stereocenters. The van der Waals surface area contributed by atoms with Gasteiger partial charge >= 0.3 is 10.2 Å². The van der Waals surface area contributed by atoms with Crippen LogP contribution in [0.15, 0.2) is 47.4 Å². The number of carbonyl (C=O) groups is 2. The monoisotopic (exact) mass is 364 g/mol. The zero-order chi connectivity index (χ0) is 18.0. The number of nitrogen functional groups attached to an aromatic ring is 1. The lowest BCUT2D eigenvalue weighted by atomic mass is 10.1. The molecule has 4 nitrogen and oxygen atoms in total. The Morgan fingerprint density at radius 1 is 0.833 bits per heavy atom. The van der Waals surface area contributed by atoms with E-state index in [1.54, 1.807) is 0 Å². The number of amides is 2. The molecule has 2 aromatic rings. The molecule has 0 saturated heterocycles. The Kier molecular flexibility index (Phi) is 2.75. The Bertz CT molecular complexity index is 877. The van der Waals surface area contributed by atoms with Crippen LogP contribution in [0.25, 0.3) is 0 Å². The van der Waals surface area contributed by atoms with E-state index in [1.165, 1.54) is 24.3 Å². The van der Waals surface area contributed by atoms with E-state index in [4.69, 9.17) is 5.73 Å². The van der Waals surface area contributed by atoms with Gasteiger partial charge in [0.2, 0.25) is 0 Å². The first-order valence-corrected chi connectivity index (χ1v) is 8.36. The van der Waals surface area contributed by atoms with E-state index in [0.717, 1.165) is 6.07 Å². The Hall–Kier alpha value is -2.62. The summed E-state index contributed by atoms with van der Waals surface area (Å²) < 4.78 is 65.3. The zero-order valence-corrected chi connectivity index (χ0v) is 12.5. The van der Waals surface area contributed by atoms with Gasteiger partial charge in [-0.1, -0.05) is 31.6 Å². The molecular weight excluding hydrogens is 355 g/mol. The third-order valence-corrected chi connectivity index (χ3v) is 4.65. The van der Waals surface area contributed by atoms with E-state index < -0.39 is 38.3 Å². The van der Waals surface area contributed by atoms with Crippen LogP contribution in [-0.4, -0.2) is 11.8 Å². The molecule has 0 radical (unpaired) electrons. The largest absolute Gasteiger partial charge is 0.398 e. The Morgan fingerprint density at radius 3 is 1.79 bits per heavy atom. The molecule has 0 aliphatic carbocycles. The maximum atomic E-state index is 13.1. The van der Waals surface area contributed by atoms with Gasteiger partial charge < -0.3 is 5.73 Å². The molecule has 2 amide bonds. The predicted molar refractivity (Wildman–Crippen MR) is 79.8 cm³/mol. The maximum Gasteiger partial charge on any atom is 0.312 e. The maximum absolute atomic E-state index is 13.1. The first-order chi connectivity index (χ1) is 10.8. The van der Waals surface area contributed by atoms with Crippen LogP contribution < -0.4 is 10.6 Å². The molecule has 1 heterocycles. The summed E-state index contributed by atoms with van der Waals surface area (Å²) >= 11 is 0. The fraction of sp³-hybridized carbons (Fsp3) is 0. The van der Waals surface area contributed by atoms with Gasteiger partial charge in [-0.2, -0.15) is 0 Å². The highest BCUT2D eigenvalue weighted by atomic mass is 32.5. The minimum Gasteiger partial charge on any atom is -0.398 e. The summed E-state index contributed by atoms with van der Waals surface area (Å²) in [6.07, 6.45) is 0. The van der Waals surface area contributed by atoms with Crippen molar-refractivity contribution in [1.29, 1.82) is 0 Å². The molecular formula is C14H9F5N2O2S. The lowest BCUT2D eigenvalue weighted by Crippen LogP contribution is -2.29. The van der Waals surface area contributed by atoms with Crippen LogP contribution in [0.1, 0.15) is 20.7 Å². The van der Waals surface area contributed by atoms with Crippen molar-refractivity contribution in [3.05, 3.63) is 53.6 Å². The van der Waals surface area contributed by atoms with Crippen molar-refractivity contribution in [2.24, 2.45) is 0 Å². The third kappa shape index (κ3) is 2.48. The highest BCUT2D eigenvalue weighted by Gasteiger charge is 2.66. The summed E-state index contributed by atoms with van der Waals surface area (Å²) in [7, 11) is -10.1. The second kappa shape index (κ2) is 4.07. The van der Waals surface area contributed by atoms with Crippen LogP contribution in [-0.2, 0) is 0 Å². The SMILES string of the molecule is Nc1ccc(N2C(=O)c3ccccc3C2=O)cc1S(F)(F)(F)(F)F. The Morgan fingerprint density at radius 2 is 1.33 bits per heavy atom. The van der Waals surface area contributed by atoms with Gasteiger partial charge in [0.05, 0.1) is 22.5 Å². The molecule has 0 saturated carbocycles. The van der Waals surface area contributed by atoms with E-state index in [2.05, 4.69) is 0 Å². The van der Waals surface area contributed by atoms with Crippen molar-refractivity contribution in [2.45, 2.75) is 4.90 Å². The molecule has 0 aromatic heterocycles. The molecule has 2 aromatic carbocycles. The molecule has 3 rings (SSSR count). The van der Waals surface area contributed by atoms with E-state index in [-0.39, 0.29) is 17.2 Å². The number of anilines is 2. The van der Waals surface area contributed by atoms with Crippen LogP contribution in [0.2, 0.25) is 0 Å². The third-order valence-electron chi connectivity index (χ3n) is 3.47. The first-order valence-electron chi connectivity index (χ1n) is 6.41. The van der Waals surface area contributed by atoms with Crippen LogP contribution in [0.5, 0.6) is 0 Å². The van der Waals surface area contributed by atoms with Crippen LogP contribution in [0, 0.1) is 0 Å². The van der Waals surface area contributed by atoms with Crippen molar-refractivity contribution < 1.29 is 29.0 Å². The molecule has 24 heavy (non-hydrogen) atoms. The number of rotatable bonds is 2. The van der Waals surface area contributed by atoms with Crippen LogP contribution >= 0.6 is 10.2 Å². The minimum atomic E-state index is -10.1. The smallest absolute Gasteiger partial charge is 0.312 e. The number of nitrogens with zero attached hydrogens (tertiary/aromatic N) is 1. The fourth-order valence-electron chi connectivity index (χ4n) is 2.42. The molecule has 0 unspecified atom stereocenters. The van der Waals surface area contributed by atoms with Crippen LogP contribution in [0.3, 0.4) is 0 Å². The van der Waals surface area contributed by atoms with Gasteiger partial charge in [0.1, 0.15) is 4.90 Å². The number of carbonyl (C=O) groups excluding carboxylic acids is 2. The van der Waals surface area contributed by atoms with Crippen molar-refractivity contribution in [3.63, 3.8) is 0 Å². The second-order valence-corrected chi connectivity index (χ2v) is 7.56. The van der Waals surface area contributed by atoms with Crippen molar-refractivity contribution >= 4 is 33.4 Å². The molecule has 128 valence electrons. The molecule has 1 aliphatic heterocycles. The van der Waals surface area contributed by atoms with E-state index in [0.29, 0.717) is 11.0 Å². The second-order valence-electron chi connectivity index (χ2n) is 5.18. The van der Waals surface area contributed by atoms with Gasteiger partial charge in [0.25, 0.3) is 11.8 Å². The van der Waals surface area contributed by atoms with Crippen molar-refractivity contribution in [1.82, 2.24) is 0 Å². The van der Waals surface area contributed by atoms with E-state index in [9.17, 15) is 29.0 Å². The highest BCUT2D eigenvalue weighted by Crippen LogP contribution is 3.02. The fourth-order valence-corrected chi connectivity index (χ4v) is 3.28. The number of benzene rings is 2. The standard InChI is InChI=1S/C14H9F5N2O2S/c15-24(16,17,18,19)12-7-8(5-6-11(12)20)21-13(22)9-3-1-2-4-10(9)14(21)23/h1-7H,20H2. The summed E-state index contributed by atoms with van der Waals surface area (Å²) in [6.45, 7) is 0. The molecule has 10 heteroatoms. The van der Waals surface area contributed by atoms with Gasteiger partial charge in [-0.3, -0.25) is 9.59 Å². The van der Waals surface area contributed by atoms with E-state index in [1.807, 2.05) is 0 Å². The summed E-state index contributed by atoms with van der Waals surface area (Å²) in [5, 5.41) is 0. The molecule has 1 aliphatic rings. The summed E-state index contributed by atoms with van der Waals surface area (Å²) in [5.41, 5.74) is 3.19. The average Bonchev–Trinajstić information content (AvgIpc) is 2.70. The summed E-state index contributed by atoms with van der Waals surface area (Å²) in [5.74, 6) is -1.79. The Balaban J connectivity index is 2.18. The topological polar surface area (TPSA) is 63.4 Å². The average molecular weight is 364 g/mol. The lowest BCUT2D eigenvalue weighted by Gasteiger charge is -2.41. The van der Waals surface area contributed by atoms with Gasteiger partial charge in [0.15, 0.2) is 0 Å². The highest BCUT2D eigenvalue weighted by molar-refractivity contribution is 8.45. The normalized spacial score (nSPS) is 17.5. The minimum absolute atomic E-state index is 0.0202. The van der Waals surface area contributed by atoms with Gasteiger partial charge in [0, 0.05) is 0 Å². The molecule has 0 spiro atoms. The summed E-state index contributed by atoms with van der Waals surface area (Å²) in [4.78, 5) is 22.5.